The van der Waals surface area contributed by atoms with Crippen molar-refractivity contribution in [3.8, 4) is 5.69 Å². The summed E-state index contributed by atoms with van der Waals surface area (Å²) in [6, 6.07) is 5.99. The lowest BCUT2D eigenvalue weighted by Crippen LogP contribution is -2.11. The van der Waals surface area contributed by atoms with Crippen molar-refractivity contribution in [1.82, 2.24) is 9.78 Å². The predicted molar refractivity (Wildman–Crippen MR) is 66.0 cm³/mol. The molecule has 0 unspecified atom stereocenters. The molecule has 2 aromatic rings. The number of anilines is 1. The van der Waals surface area contributed by atoms with Crippen LogP contribution in [-0.4, -0.2) is 15.7 Å². The molecule has 0 saturated heterocycles. The highest BCUT2D eigenvalue weighted by Crippen LogP contribution is 2.18. The zero-order chi connectivity index (χ0) is 12.6. The van der Waals surface area contributed by atoms with Crippen LogP contribution in [0.4, 0.5) is 5.82 Å². The molecule has 0 aliphatic rings. The largest absolute Gasteiger partial charge is 0.382 e. The third kappa shape index (κ3) is 1.99. The molecule has 2 rings (SSSR count). The highest BCUT2D eigenvalue weighted by Gasteiger charge is 2.12. The maximum Gasteiger partial charge on any atom is 0.254 e. The molecule has 0 spiro atoms. The van der Waals surface area contributed by atoms with Gasteiger partial charge in [-0.15, -0.1) is 5.10 Å². The Kier molecular flexibility index (Phi) is 2.59. The molecule has 5 nitrogen and oxygen atoms in total. The third-order valence-electron chi connectivity index (χ3n) is 2.62. The Bertz CT molecular complexity index is 586. The van der Waals surface area contributed by atoms with Crippen LogP contribution in [0.1, 0.15) is 21.5 Å². The Morgan fingerprint density at radius 2 is 2.06 bits per heavy atom. The molecular formula is C12H14N4O. The minimum Gasteiger partial charge on any atom is -0.382 e. The molecule has 1 aromatic heterocycles. The van der Waals surface area contributed by atoms with Gasteiger partial charge in [-0.05, 0) is 31.0 Å². The first-order valence-electron chi connectivity index (χ1n) is 5.21. The Morgan fingerprint density at radius 3 is 2.65 bits per heavy atom. The SMILES string of the molecule is Cc1ccc(C)c(-n2cc(C(N)=O)c(N)n2)c1. The normalized spacial score (nSPS) is 10.5. The summed E-state index contributed by atoms with van der Waals surface area (Å²) in [4.78, 5) is 11.1. The lowest BCUT2D eigenvalue weighted by molar-refractivity contribution is 0.100. The molecule has 0 atom stereocenters. The second-order valence-corrected chi connectivity index (χ2v) is 4.03. The van der Waals surface area contributed by atoms with Gasteiger partial charge in [-0.2, -0.15) is 0 Å². The van der Waals surface area contributed by atoms with Crippen LogP contribution >= 0.6 is 0 Å². The predicted octanol–water partition coefficient (Wildman–Crippen LogP) is 1.17. The summed E-state index contributed by atoms with van der Waals surface area (Å²) in [6.07, 6.45) is 1.56. The first-order chi connectivity index (χ1) is 7.99. The van der Waals surface area contributed by atoms with Gasteiger partial charge in [0.1, 0.15) is 5.56 Å². The Morgan fingerprint density at radius 1 is 1.35 bits per heavy atom. The van der Waals surface area contributed by atoms with Crippen LogP contribution in [0.2, 0.25) is 0 Å². The summed E-state index contributed by atoms with van der Waals surface area (Å²) >= 11 is 0. The van der Waals surface area contributed by atoms with E-state index in [-0.39, 0.29) is 11.4 Å². The summed E-state index contributed by atoms with van der Waals surface area (Å²) in [5, 5.41) is 4.10. The highest BCUT2D eigenvalue weighted by molar-refractivity contribution is 5.97. The quantitative estimate of drug-likeness (QED) is 0.811. The number of hydrogen-bond donors (Lipinski definition) is 2. The van der Waals surface area contributed by atoms with Crippen molar-refractivity contribution in [2.45, 2.75) is 13.8 Å². The van der Waals surface area contributed by atoms with E-state index in [0.717, 1.165) is 16.8 Å². The second kappa shape index (κ2) is 3.93. The van der Waals surface area contributed by atoms with Gasteiger partial charge >= 0.3 is 0 Å². The molecule has 0 saturated carbocycles. The fraction of sp³-hybridized carbons (Fsp3) is 0.167. The molecule has 0 bridgehead atoms. The number of carbonyl (C=O) groups excluding carboxylic acids is 1. The fourth-order valence-electron chi connectivity index (χ4n) is 1.67. The van der Waals surface area contributed by atoms with E-state index in [2.05, 4.69) is 5.10 Å². The average Bonchev–Trinajstić information content (AvgIpc) is 2.64. The highest BCUT2D eigenvalue weighted by atomic mass is 16.1. The van der Waals surface area contributed by atoms with Crippen molar-refractivity contribution in [3.05, 3.63) is 41.1 Å². The number of nitrogens with zero attached hydrogens (tertiary/aromatic N) is 2. The number of aryl methyl sites for hydroxylation is 2. The monoisotopic (exact) mass is 230 g/mol. The van der Waals surface area contributed by atoms with Gasteiger partial charge in [0, 0.05) is 6.20 Å². The van der Waals surface area contributed by atoms with Crippen LogP contribution in [0.25, 0.3) is 5.69 Å². The van der Waals surface area contributed by atoms with Crippen LogP contribution in [0.3, 0.4) is 0 Å². The molecule has 0 radical (unpaired) electrons. The molecule has 1 aromatic carbocycles. The zero-order valence-electron chi connectivity index (χ0n) is 9.77. The van der Waals surface area contributed by atoms with E-state index < -0.39 is 5.91 Å². The molecule has 88 valence electrons. The van der Waals surface area contributed by atoms with Gasteiger partial charge in [-0.3, -0.25) is 4.79 Å². The second-order valence-electron chi connectivity index (χ2n) is 4.03. The summed E-state index contributed by atoms with van der Waals surface area (Å²) in [5.74, 6) is -0.419. The molecule has 1 heterocycles. The fourth-order valence-corrected chi connectivity index (χ4v) is 1.67. The van der Waals surface area contributed by atoms with E-state index in [1.54, 1.807) is 10.9 Å². The van der Waals surface area contributed by atoms with Gasteiger partial charge in [0.2, 0.25) is 0 Å². The van der Waals surface area contributed by atoms with Gasteiger partial charge in [0.25, 0.3) is 5.91 Å². The average molecular weight is 230 g/mol. The van der Waals surface area contributed by atoms with E-state index in [4.69, 9.17) is 11.5 Å². The minimum absolute atomic E-state index is 0.151. The maximum absolute atomic E-state index is 11.1. The number of nitrogens with two attached hydrogens (primary N) is 2. The lowest BCUT2D eigenvalue weighted by atomic mass is 10.1. The Balaban J connectivity index is 2.57. The smallest absolute Gasteiger partial charge is 0.254 e. The van der Waals surface area contributed by atoms with Gasteiger partial charge in [0.05, 0.1) is 5.69 Å². The van der Waals surface area contributed by atoms with Crippen molar-refractivity contribution in [1.29, 1.82) is 0 Å². The van der Waals surface area contributed by atoms with Crippen LogP contribution < -0.4 is 11.5 Å². The Hall–Kier alpha value is -2.30. The summed E-state index contributed by atoms with van der Waals surface area (Å²) in [5.41, 5.74) is 14.1. The molecule has 4 N–H and O–H groups in total. The number of amides is 1. The zero-order valence-corrected chi connectivity index (χ0v) is 9.77. The van der Waals surface area contributed by atoms with E-state index >= 15 is 0 Å². The van der Waals surface area contributed by atoms with E-state index in [0.29, 0.717) is 0 Å². The number of hydrogen-bond acceptors (Lipinski definition) is 3. The number of aromatic nitrogens is 2. The first kappa shape index (κ1) is 11.2. The standard InChI is InChI=1S/C12H14N4O/c1-7-3-4-8(2)10(5-7)16-6-9(12(14)17)11(13)15-16/h3-6H,1-2H3,(H2,13,15)(H2,14,17). The van der Waals surface area contributed by atoms with Crippen molar-refractivity contribution >= 4 is 11.7 Å². The number of rotatable bonds is 2. The van der Waals surface area contributed by atoms with Gasteiger partial charge in [0.15, 0.2) is 5.82 Å². The molecule has 1 amide bonds. The Labute approximate surface area is 99.0 Å². The topological polar surface area (TPSA) is 86.9 Å². The molecular weight excluding hydrogens is 216 g/mol. The molecule has 5 heteroatoms. The third-order valence-corrected chi connectivity index (χ3v) is 2.62. The van der Waals surface area contributed by atoms with Gasteiger partial charge in [-0.25, -0.2) is 4.68 Å². The number of carbonyl (C=O) groups is 1. The first-order valence-corrected chi connectivity index (χ1v) is 5.21. The van der Waals surface area contributed by atoms with Gasteiger partial charge < -0.3 is 11.5 Å². The van der Waals surface area contributed by atoms with Crippen LogP contribution in [0.15, 0.2) is 24.4 Å². The number of benzene rings is 1. The summed E-state index contributed by atoms with van der Waals surface area (Å²) in [6.45, 7) is 3.96. The summed E-state index contributed by atoms with van der Waals surface area (Å²) in [7, 11) is 0. The summed E-state index contributed by atoms with van der Waals surface area (Å²) < 4.78 is 1.58. The van der Waals surface area contributed by atoms with E-state index in [1.807, 2.05) is 32.0 Å². The van der Waals surface area contributed by atoms with Crippen molar-refractivity contribution < 1.29 is 4.79 Å². The van der Waals surface area contributed by atoms with E-state index in [9.17, 15) is 4.79 Å². The van der Waals surface area contributed by atoms with Crippen LogP contribution in [-0.2, 0) is 0 Å². The van der Waals surface area contributed by atoms with E-state index in [1.165, 1.54) is 0 Å². The van der Waals surface area contributed by atoms with Crippen molar-refractivity contribution in [2.24, 2.45) is 5.73 Å². The van der Waals surface area contributed by atoms with Crippen LogP contribution in [0.5, 0.6) is 0 Å². The minimum atomic E-state index is -0.570. The van der Waals surface area contributed by atoms with Gasteiger partial charge in [-0.1, -0.05) is 12.1 Å². The molecule has 17 heavy (non-hydrogen) atoms. The lowest BCUT2D eigenvalue weighted by Gasteiger charge is -2.06. The molecule has 0 aliphatic heterocycles. The van der Waals surface area contributed by atoms with Crippen LogP contribution in [0, 0.1) is 13.8 Å². The number of nitrogen functional groups attached to an aromatic ring is 1. The molecule has 0 aliphatic carbocycles. The molecule has 0 fully saturated rings. The van der Waals surface area contributed by atoms with Crippen molar-refractivity contribution in [3.63, 3.8) is 0 Å². The van der Waals surface area contributed by atoms with Crippen molar-refractivity contribution in [2.75, 3.05) is 5.73 Å². The maximum atomic E-state index is 11.1. The number of primary amides is 1.